The highest BCUT2D eigenvalue weighted by Gasteiger charge is 2.27. The zero-order valence-electron chi connectivity index (χ0n) is 11.5. The molecule has 5 nitrogen and oxygen atoms in total. The summed E-state index contributed by atoms with van der Waals surface area (Å²) in [5, 5.41) is 0. The topological polar surface area (TPSA) is 64.2 Å². The van der Waals surface area contributed by atoms with E-state index in [0.29, 0.717) is 6.04 Å². The number of likely N-dealkylation sites (tertiary alicyclic amines) is 1. The quantitative estimate of drug-likeness (QED) is 0.915. The highest BCUT2D eigenvalue weighted by atomic mass is 35.5. The van der Waals surface area contributed by atoms with E-state index in [0.717, 1.165) is 25.9 Å². The van der Waals surface area contributed by atoms with Crippen LogP contribution in [0.4, 0.5) is 0 Å². The molecule has 1 aromatic heterocycles. The van der Waals surface area contributed by atoms with Gasteiger partial charge in [0.05, 0.1) is 12.4 Å². The molecule has 6 heteroatoms. The molecule has 1 aliphatic rings. The second kappa shape index (κ2) is 6.91. The Labute approximate surface area is 120 Å². The summed E-state index contributed by atoms with van der Waals surface area (Å²) >= 11 is 0. The Balaban J connectivity index is 0.00000180. The normalized spacial score (nSPS) is 18.2. The molecule has 1 amide bonds. The number of hydrogen-bond donors (Lipinski definition) is 1. The Bertz CT molecular complexity index is 385. The molecular formula is C13H23ClN4O. The number of aromatic nitrogens is 2. The van der Waals surface area contributed by atoms with Gasteiger partial charge in [0.15, 0.2) is 0 Å². The van der Waals surface area contributed by atoms with E-state index in [9.17, 15) is 4.79 Å². The Kier molecular flexibility index (Phi) is 5.82. The number of hydrogen-bond acceptors (Lipinski definition) is 3. The predicted molar refractivity (Wildman–Crippen MR) is 77.1 cm³/mol. The number of piperidine rings is 1. The van der Waals surface area contributed by atoms with Gasteiger partial charge in [0, 0.05) is 31.5 Å². The fourth-order valence-corrected chi connectivity index (χ4v) is 2.37. The Morgan fingerprint density at radius 3 is 2.47 bits per heavy atom. The van der Waals surface area contributed by atoms with Crippen molar-refractivity contribution in [2.24, 2.45) is 11.7 Å². The first-order chi connectivity index (χ1) is 8.59. The van der Waals surface area contributed by atoms with Gasteiger partial charge in [0.25, 0.3) is 0 Å². The molecule has 0 aromatic carbocycles. The molecular weight excluding hydrogens is 264 g/mol. The Hall–Kier alpha value is -1.07. The molecule has 2 N–H and O–H groups in total. The second-order valence-corrected chi connectivity index (χ2v) is 5.34. The molecule has 108 valence electrons. The zero-order chi connectivity index (χ0) is 13.1. The van der Waals surface area contributed by atoms with Crippen molar-refractivity contribution in [3.63, 3.8) is 0 Å². The first-order valence-electron chi connectivity index (χ1n) is 6.61. The molecule has 0 radical (unpaired) electrons. The summed E-state index contributed by atoms with van der Waals surface area (Å²) in [5.74, 6) is 0.290. The van der Waals surface area contributed by atoms with Crippen LogP contribution in [0.2, 0.25) is 0 Å². The average Bonchev–Trinajstić information content (AvgIpc) is 2.91. The lowest BCUT2D eigenvalue weighted by molar-refractivity contribution is -0.134. The third-order valence-electron chi connectivity index (χ3n) is 3.73. The number of nitrogens with zero attached hydrogens (tertiary/aromatic N) is 3. The number of nitrogens with two attached hydrogens (primary N) is 1. The summed E-state index contributed by atoms with van der Waals surface area (Å²) in [6.45, 7) is 5.56. The van der Waals surface area contributed by atoms with E-state index in [2.05, 4.69) is 9.55 Å². The molecule has 1 atom stereocenters. The number of carbonyl (C=O) groups is 1. The molecule has 1 saturated heterocycles. The third-order valence-corrected chi connectivity index (χ3v) is 3.73. The smallest absolute Gasteiger partial charge is 0.239 e. The third kappa shape index (κ3) is 3.70. The molecule has 0 bridgehead atoms. The summed E-state index contributed by atoms with van der Waals surface area (Å²) in [6.07, 6.45) is 7.59. The largest absolute Gasteiger partial charge is 0.341 e. The van der Waals surface area contributed by atoms with E-state index in [1.807, 2.05) is 31.3 Å². The summed E-state index contributed by atoms with van der Waals surface area (Å²) in [4.78, 5) is 18.1. The molecule has 1 aromatic rings. The van der Waals surface area contributed by atoms with Gasteiger partial charge in [-0.15, -0.1) is 12.4 Å². The van der Waals surface area contributed by atoms with Gasteiger partial charge in [-0.1, -0.05) is 13.8 Å². The van der Waals surface area contributed by atoms with Crippen molar-refractivity contribution in [3.8, 4) is 0 Å². The Morgan fingerprint density at radius 2 is 2.00 bits per heavy atom. The highest BCUT2D eigenvalue weighted by Crippen LogP contribution is 2.22. The van der Waals surface area contributed by atoms with Crippen molar-refractivity contribution in [1.29, 1.82) is 0 Å². The highest BCUT2D eigenvalue weighted by molar-refractivity contribution is 5.85. The average molecular weight is 287 g/mol. The van der Waals surface area contributed by atoms with Gasteiger partial charge in [-0.3, -0.25) is 4.79 Å². The lowest BCUT2D eigenvalue weighted by Gasteiger charge is -2.34. The maximum Gasteiger partial charge on any atom is 0.239 e. The summed E-state index contributed by atoms with van der Waals surface area (Å²) in [6, 6.07) is 0.0987. The van der Waals surface area contributed by atoms with Crippen molar-refractivity contribution in [2.75, 3.05) is 13.1 Å². The maximum absolute atomic E-state index is 12.1. The van der Waals surface area contributed by atoms with Crippen LogP contribution in [0.5, 0.6) is 0 Å². The van der Waals surface area contributed by atoms with Gasteiger partial charge >= 0.3 is 0 Å². The lowest BCUT2D eigenvalue weighted by Crippen LogP contribution is -2.49. The van der Waals surface area contributed by atoms with E-state index in [4.69, 9.17) is 5.73 Å². The SMILES string of the molecule is CC(C)[C@H](N)C(=O)N1CCC(n2ccnc2)CC1.Cl. The first-order valence-corrected chi connectivity index (χ1v) is 6.61. The molecule has 0 unspecified atom stereocenters. The molecule has 0 aliphatic carbocycles. The van der Waals surface area contributed by atoms with Gasteiger partial charge < -0.3 is 15.2 Å². The van der Waals surface area contributed by atoms with Crippen LogP contribution in [0, 0.1) is 5.92 Å². The second-order valence-electron chi connectivity index (χ2n) is 5.34. The van der Waals surface area contributed by atoms with E-state index in [1.165, 1.54) is 0 Å². The van der Waals surface area contributed by atoms with Crippen LogP contribution in [0.3, 0.4) is 0 Å². The molecule has 0 spiro atoms. The number of carbonyl (C=O) groups excluding carboxylic acids is 1. The summed E-state index contributed by atoms with van der Waals surface area (Å²) in [5.41, 5.74) is 5.91. The summed E-state index contributed by atoms with van der Waals surface area (Å²) < 4.78 is 2.13. The standard InChI is InChI=1S/C13H22N4O.ClH/c1-10(2)12(14)13(18)16-6-3-11(4-7-16)17-8-5-15-9-17;/h5,8-12H,3-4,6-7,14H2,1-2H3;1H/t12-;/m0./s1. The number of amides is 1. The van der Waals surface area contributed by atoms with Gasteiger partial charge in [-0.25, -0.2) is 4.98 Å². The monoisotopic (exact) mass is 286 g/mol. The van der Waals surface area contributed by atoms with E-state index in [1.54, 1.807) is 6.20 Å². The van der Waals surface area contributed by atoms with Crippen molar-refractivity contribution < 1.29 is 4.79 Å². The minimum Gasteiger partial charge on any atom is -0.341 e. The van der Waals surface area contributed by atoms with Crippen molar-refractivity contribution in [2.45, 2.75) is 38.8 Å². The number of halogens is 1. The first kappa shape index (κ1) is 16.0. The fraction of sp³-hybridized carbons (Fsp3) is 0.692. The van der Waals surface area contributed by atoms with Crippen LogP contribution in [0.25, 0.3) is 0 Å². The van der Waals surface area contributed by atoms with E-state index < -0.39 is 0 Å². The minimum atomic E-state index is -0.366. The van der Waals surface area contributed by atoms with Crippen LogP contribution < -0.4 is 5.73 Å². The molecule has 2 heterocycles. The molecule has 2 rings (SSSR count). The number of rotatable bonds is 3. The molecule has 0 saturated carbocycles. The van der Waals surface area contributed by atoms with Crippen LogP contribution in [0.1, 0.15) is 32.7 Å². The fourth-order valence-electron chi connectivity index (χ4n) is 2.37. The van der Waals surface area contributed by atoms with Crippen LogP contribution in [0.15, 0.2) is 18.7 Å². The molecule has 1 aliphatic heterocycles. The maximum atomic E-state index is 12.1. The number of imidazole rings is 1. The van der Waals surface area contributed by atoms with Crippen LogP contribution in [-0.2, 0) is 4.79 Å². The minimum absolute atomic E-state index is 0. The zero-order valence-corrected chi connectivity index (χ0v) is 12.3. The summed E-state index contributed by atoms with van der Waals surface area (Å²) in [7, 11) is 0. The lowest BCUT2D eigenvalue weighted by atomic mass is 10.0. The van der Waals surface area contributed by atoms with Gasteiger partial charge in [-0.2, -0.15) is 0 Å². The van der Waals surface area contributed by atoms with Gasteiger partial charge in [0.1, 0.15) is 0 Å². The predicted octanol–water partition coefficient (Wildman–Crippen LogP) is 1.45. The van der Waals surface area contributed by atoms with Crippen molar-refractivity contribution in [1.82, 2.24) is 14.5 Å². The van der Waals surface area contributed by atoms with Gasteiger partial charge in [-0.05, 0) is 18.8 Å². The van der Waals surface area contributed by atoms with Gasteiger partial charge in [0.2, 0.25) is 5.91 Å². The van der Waals surface area contributed by atoms with E-state index in [-0.39, 0.29) is 30.3 Å². The van der Waals surface area contributed by atoms with Crippen molar-refractivity contribution in [3.05, 3.63) is 18.7 Å². The molecule has 1 fully saturated rings. The van der Waals surface area contributed by atoms with E-state index >= 15 is 0 Å². The van der Waals surface area contributed by atoms with Crippen LogP contribution >= 0.6 is 12.4 Å². The van der Waals surface area contributed by atoms with Crippen molar-refractivity contribution >= 4 is 18.3 Å². The molecule has 19 heavy (non-hydrogen) atoms. The Morgan fingerprint density at radius 1 is 1.37 bits per heavy atom. The van der Waals surface area contributed by atoms with Crippen LogP contribution in [-0.4, -0.2) is 39.5 Å².